The van der Waals surface area contributed by atoms with Crippen LogP contribution in [0.1, 0.15) is 32.6 Å². The van der Waals surface area contributed by atoms with E-state index in [4.69, 9.17) is 5.41 Å². The van der Waals surface area contributed by atoms with Gasteiger partial charge < -0.3 is 4.90 Å². The molecule has 0 aromatic rings. The molecule has 2 fully saturated rings. The van der Waals surface area contributed by atoms with Crippen LogP contribution in [-0.2, 0) is 0 Å². The zero-order chi connectivity index (χ0) is 8.72. The van der Waals surface area contributed by atoms with E-state index in [1.807, 2.05) is 6.92 Å². The molecule has 3 unspecified atom stereocenters. The fourth-order valence-corrected chi connectivity index (χ4v) is 2.93. The van der Waals surface area contributed by atoms with Crippen molar-refractivity contribution < 1.29 is 0 Å². The molecule has 68 valence electrons. The van der Waals surface area contributed by atoms with Gasteiger partial charge in [0.25, 0.3) is 0 Å². The zero-order valence-electron chi connectivity index (χ0n) is 8.01. The lowest BCUT2D eigenvalue weighted by molar-refractivity contribution is 0.256. The maximum Gasteiger partial charge on any atom is 0.0925 e. The van der Waals surface area contributed by atoms with Crippen LogP contribution in [0, 0.1) is 17.2 Å². The summed E-state index contributed by atoms with van der Waals surface area (Å²) in [6.07, 6.45) is 5.64. The van der Waals surface area contributed by atoms with Gasteiger partial charge in [0.2, 0.25) is 0 Å². The minimum atomic E-state index is 0.696. The maximum absolute atomic E-state index is 7.57. The summed E-state index contributed by atoms with van der Waals surface area (Å²) >= 11 is 0. The van der Waals surface area contributed by atoms with Crippen LogP contribution in [0.15, 0.2) is 0 Å². The predicted molar refractivity (Wildman–Crippen MR) is 50.4 cm³/mol. The van der Waals surface area contributed by atoms with Crippen LogP contribution in [0.5, 0.6) is 0 Å². The summed E-state index contributed by atoms with van der Waals surface area (Å²) in [5, 5.41) is 7.57. The average molecular weight is 166 g/mol. The molecule has 0 aromatic carbocycles. The van der Waals surface area contributed by atoms with Crippen molar-refractivity contribution in [3.8, 4) is 0 Å². The van der Waals surface area contributed by atoms with E-state index in [2.05, 4.69) is 11.9 Å². The Morgan fingerprint density at radius 2 is 2.08 bits per heavy atom. The van der Waals surface area contributed by atoms with Crippen molar-refractivity contribution in [3.05, 3.63) is 0 Å². The van der Waals surface area contributed by atoms with Crippen LogP contribution in [0.4, 0.5) is 0 Å². The molecule has 0 spiro atoms. The van der Waals surface area contributed by atoms with Crippen molar-refractivity contribution >= 4 is 5.84 Å². The van der Waals surface area contributed by atoms with Gasteiger partial charge in [-0.15, -0.1) is 0 Å². The zero-order valence-corrected chi connectivity index (χ0v) is 8.01. The number of amidine groups is 1. The second-order valence-corrected chi connectivity index (χ2v) is 4.44. The molecule has 2 nitrogen and oxygen atoms in total. The summed E-state index contributed by atoms with van der Waals surface area (Å²) in [6.45, 7) is 1.89. The minimum absolute atomic E-state index is 0.696. The van der Waals surface area contributed by atoms with Gasteiger partial charge in [0.05, 0.1) is 5.84 Å². The number of fused-ring (bicyclic) bond motifs is 2. The number of nitrogens with one attached hydrogen (secondary N) is 1. The first-order chi connectivity index (χ1) is 5.68. The van der Waals surface area contributed by atoms with Gasteiger partial charge in [0.1, 0.15) is 0 Å². The smallest absolute Gasteiger partial charge is 0.0925 e. The second kappa shape index (κ2) is 2.75. The molecule has 3 atom stereocenters. The molecule has 2 heteroatoms. The van der Waals surface area contributed by atoms with Gasteiger partial charge in [0.15, 0.2) is 0 Å². The van der Waals surface area contributed by atoms with Gasteiger partial charge in [-0.25, -0.2) is 0 Å². The molecule has 0 aliphatic heterocycles. The summed E-state index contributed by atoms with van der Waals surface area (Å²) in [4.78, 5) is 2.17. The molecule has 2 rings (SSSR count). The molecule has 0 saturated heterocycles. The third kappa shape index (κ3) is 1.13. The van der Waals surface area contributed by atoms with E-state index < -0.39 is 0 Å². The Morgan fingerprint density at radius 1 is 1.33 bits per heavy atom. The van der Waals surface area contributed by atoms with Gasteiger partial charge in [-0.05, 0) is 38.0 Å². The van der Waals surface area contributed by atoms with Crippen molar-refractivity contribution in [2.75, 3.05) is 7.05 Å². The number of nitrogens with zero attached hydrogens (tertiary/aromatic N) is 1. The van der Waals surface area contributed by atoms with Crippen molar-refractivity contribution in [1.29, 1.82) is 5.41 Å². The fraction of sp³-hybridized carbons (Fsp3) is 0.900. The Balaban J connectivity index is 2.02. The lowest BCUT2D eigenvalue weighted by atomic mass is 9.94. The Labute approximate surface area is 74.5 Å². The molecule has 2 saturated carbocycles. The summed E-state index contributed by atoms with van der Waals surface area (Å²) in [7, 11) is 2.08. The van der Waals surface area contributed by atoms with E-state index in [9.17, 15) is 0 Å². The first kappa shape index (κ1) is 8.09. The normalized spacial score (nSPS) is 38.7. The molecule has 2 aliphatic rings. The van der Waals surface area contributed by atoms with Crippen LogP contribution in [0.3, 0.4) is 0 Å². The van der Waals surface area contributed by atoms with Crippen molar-refractivity contribution in [3.63, 3.8) is 0 Å². The summed E-state index contributed by atoms with van der Waals surface area (Å²) in [6, 6.07) is 0.696. The minimum Gasteiger partial charge on any atom is -0.361 e. The van der Waals surface area contributed by atoms with Crippen molar-refractivity contribution in [1.82, 2.24) is 4.90 Å². The highest BCUT2D eigenvalue weighted by atomic mass is 15.2. The molecule has 12 heavy (non-hydrogen) atoms. The Bertz CT molecular complexity index is 200. The van der Waals surface area contributed by atoms with Crippen molar-refractivity contribution in [2.24, 2.45) is 11.8 Å². The first-order valence-electron chi connectivity index (χ1n) is 4.96. The predicted octanol–water partition coefficient (Wildman–Crippen LogP) is 2.10. The molecule has 0 amide bonds. The molecular formula is C10H18N2. The second-order valence-electron chi connectivity index (χ2n) is 4.44. The maximum atomic E-state index is 7.57. The third-order valence-corrected chi connectivity index (χ3v) is 3.73. The van der Waals surface area contributed by atoms with Crippen molar-refractivity contribution in [2.45, 2.75) is 38.6 Å². The molecule has 0 aromatic heterocycles. The SMILES string of the molecule is CC(=N)N(C)C1CC2CCC1C2. The summed E-state index contributed by atoms with van der Waals surface area (Å²) < 4.78 is 0. The monoisotopic (exact) mass is 166 g/mol. The van der Waals surface area contributed by atoms with E-state index in [0.717, 1.165) is 17.7 Å². The standard InChI is InChI=1S/C10H18N2/c1-7(11)12(2)10-6-8-3-4-9(10)5-8/h8-11H,3-6H2,1-2H3. The highest BCUT2D eigenvalue weighted by molar-refractivity contribution is 5.76. The van der Waals surface area contributed by atoms with Gasteiger partial charge in [-0.2, -0.15) is 0 Å². The topological polar surface area (TPSA) is 27.1 Å². The van der Waals surface area contributed by atoms with Gasteiger partial charge in [0, 0.05) is 13.1 Å². The highest BCUT2D eigenvalue weighted by Crippen LogP contribution is 2.46. The molecular weight excluding hydrogens is 148 g/mol. The Morgan fingerprint density at radius 3 is 2.50 bits per heavy atom. The van der Waals surface area contributed by atoms with E-state index in [1.54, 1.807) is 0 Å². The first-order valence-corrected chi connectivity index (χ1v) is 4.96. The molecule has 1 N–H and O–H groups in total. The average Bonchev–Trinajstić information content (AvgIpc) is 2.62. The Hall–Kier alpha value is -0.530. The van der Waals surface area contributed by atoms with Crippen LogP contribution in [0.2, 0.25) is 0 Å². The number of rotatable bonds is 1. The lowest BCUT2D eigenvalue weighted by Crippen LogP contribution is -2.38. The van der Waals surface area contributed by atoms with Gasteiger partial charge in [-0.1, -0.05) is 6.42 Å². The lowest BCUT2D eigenvalue weighted by Gasteiger charge is -2.32. The van der Waals surface area contributed by atoms with E-state index >= 15 is 0 Å². The van der Waals surface area contributed by atoms with Gasteiger partial charge >= 0.3 is 0 Å². The van der Waals surface area contributed by atoms with Crippen LogP contribution in [0.25, 0.3) is 0 Å². The van der Waals surface area contributed by atoms with Crippen LogP contribution >= 0.6 is 0 Å². The summed E-state index contributed by atoms with van der Waals surface area (Å²) in [5.41, 5.74) is 0. The quantitative estimate of drug-likeness (QED) is 0.469. The largest absolute Gasteiger partial charge is 0.361 e. The molecule has 2 bridgehead atoms. The Kier molecular flexibility index (Phi) is 1.85. The third-order valence-electron chi connectivity index (χ3n) is 3.73. The van der Waals surface area contributed by atoms with E-state index in [-0.39, 0.29) is 0 Å². The highest BCUT2D eigenvalue weighted by Gasteiger charge is 2.41. The molecule has 0 heterocycles. The van der Waals surface area contributed by atoms with E-state index in [0.29, 0.717) is 6.04 Å². The number of hydrogen-bond donors (Lipinski definition) is 1. The summed E-state index contributed by atoms with van der Waals surface area (Å²) in [5.74, 6) is 2.62. The van der Waals surface area contributed by atoms with E-state index in [1.165, 1.54) is 25.7 Å². The van der Waals surface area contributed by atoms with Crippen LogP contribution < -0.4 is 0 Å². The number of hydrogen-bond acceptors (Lipinski definition) is 1. The van der Waals surface area contributed by atoms with Crippen LogP contribution in [-0.4, -0.2) is 23.8 Å². The van der Waals surface area contributed by atoms with Gasteiger partial charge in [-0.3, -0.25) is 5.41 Å². The molecule has 2 aliphatic carbocycles. The molecule has 0 radical (unpaired) electrons. The fourth-order valence-electron chi connectivity index (χ4n) is 2.93.